The van der Waals surface area contributed by atoms with E-state index in [-0.39, 0.29) is 12.4 Å². The van der Waals surface area contributed by atoms with E-state index >= 15 is 0 Å². The zero-order valence-corrected chi connectivity index (χ0v) is 13.6. The van der Waals surface area contributed by atoms with E-state index in [1.807, 2.05) is 25.2 Å². The molecule has 116 valence electrons. The molecule has 2 rings (SSSR count). The van der Waals surface area contributed by atoms with Gasteiger partial charge >= 0.3 is 0 Å². The van der Waals surface area contributed by atoms with Crippen LogP contribution in [-0.4, -0.2) is 38.7 Å². The molecule has 1 aliphatic heterocycles. The summed E-state index contributed by atoms with van der Waals surface area (Å²) in [7, 11) is 3.63. The average molecular weight is 310 g/mol. The standard InChI is InChI=1S/C16H23N3O.ClH/c1-18-10-14-4-3-7-19(12-14)11-13-5-6-15(9-17)16(8-13)20-2;/h5-6,8,14,18H,3-4,7,10-12H2,1-2H3;1H. The van der Waals surface area contributed by atoms with Gasteiger partial charge in [-0.25, -0.2) is 0 Å². The van der Waals surface area contributed by atoms with E-state index in [9.17, 15) is 0 Å². The number of nitrogens with zero attached hydrogens (tertiary/aromatic N) is 2. The lowest BCUT2D eigenvalue weighted by atomic mass is 9.97. The lowest BCUT2D eigenvalue weighted by Crippen LogP contribution is -2.38. The number of hydrogen-bond donors (Lipinski definition) is 1. The molecule has 1 saturated heterocycles. The minimum absolute atomic E-state index is 0. The van der Waals surface area contributed by atoms with Crippen LogP contribution in [0.2, 0.25) is 0 Å². The summed E-state index contributed by atoms with van der Waals surface area (Å²) >= 11 is 0. The molecule has 0 saturated carbocycles. The van der Waals surface area contributed by atoms with Crippen molar-refractivity contribution in [1.29, 1.82) is 5.26 Å². The van der Waals surface area contributed by atoms with Crippen molar-refractivity contribution in [3.05, 3.63) is 29.3 Å². The predicted octanol–water partition coefficient (Wildman–Crippen LogP) is 2.42. The van der Waals surface area contributed by atoms with Crippen LogP contribution in [-0.2, 0) is 6.54 Å². The second-order valence-corrected chi connectivity index (χ2v) is 5.45. The molecule has 1 aromatic carbocycles. The van der Waals surface area contributed by atoms with Crippen LogP contribution in [0.5, 0.6) is 5.75 Å². The van der Waals surface area contributed by atoms with E-state index in [2.05, 4.69) is 16.3 Å². The molecule has 1 aromatic rings. The molecule has 1 heterocycles. The Balaban J connectivity index is 0.00000220. The minimum atomic E-state index is 0. The zero-order chi connectivity index (χ0) is 14.4. The van der Waals surface area contributed by atoms with Crippen molar-refractivity contribution < 1.29 is 4.74 Å². The van der Waals surface area contributed by atoms with Crippen LogP contribution < -0.4 is 10.1 Å². The third kappa shape index (κ3) is 4.89. The Kier molecular flexibility index (Phi) is 7.52. The van der Waals surface area contributed by atoms with E-state index < -0.39 is 0 Å². The molecule has 21 heavy (non-hydrogen) atoms. The molecular formula is C16H24ClN3O. The number of likely N-dealkylation sites (tertiary alicyclic amines) is 1. The topological polar surface area (TPSA) is 48.3 Å². The van der Waals surface area contributed by atoms with Gasteiger partial charge in [0.25, 0.3) is 0 Å². The smallest absolute Gasteiger partial charge is 0.136 e. The highest BCUT2D eigenvalue weighted by atomic mass is 35.5. The van der Waals surface area contributed by atoms with Gasteiger partial charge in [0.2, 0.25) is 0 Å². The SMILES string of the molecule is CNCC1CCCN(Cc2ccc(C#N)c(OC)c2)C1.Cl. The Morgan fingerprint density at radius 2 is 2.29 bits per heavy atom. The number of hydrogen-bond acceptors (Lipinski definition) is 4. The molecule has 1 N–H and O–H groups in total. The summed E-state index contributed by atoms with van der Waals surface area (Å²) in [6, 6.07) is 8.02. The third-order valence-electron chi connectivity index (χ3n) is 3.89. The van der Waals surface area contributed by atoms with Gasteiger partial charge in [-0.15, -0.1) is 12.4 Å². The molecule has 0 aromatic heterocycles. The fourth-order valence-corrected chi connectivity index (χ4v) is 2.93. The van der Waals surface area contributed by atoms with Crippen molar-refractivity contribution in [1.82, 2.24) is 10.2 Å². The van der Waals surface area contributed by atoms with Gasteiger partial charge in [-0.3, -0.25) is 4.90 Å². The molecular weight excluding hydrogens is 286 g/mol. The number of benzene rings is 1. The van der Waals surface area contributed by atoms with Crippen molar-refractivity contribution in [3.8, 4) is 11.8 Å². The van der Waals surface area contributed by atoms with Crippen molar-refractivity contribution in [2.24, 2.45) is 5.92 Å². The van der Waals surface area contributed by atoms with Gasteiger partial charge in [0.15, 0.2) is 0 Å². The highest BCUT2D eigenvalue weighted by Gasteiger charge is 2.19. The van der Waals surface area contributed by atoms with E-state index in [4.69, 9.17) is 10.00 Å². The first-order valence-electron chi connectivity index (χ1n) is 7.20. The number of halogens is 1. The summed E-state index contributed by atoms with van der Waals surface area (Å²) < 4.78 is 5.27. The molecule has 1 unspecified atom stereocenters. The first-order valence-corrected chi connectivity index (χ1v) is 7.20. The molecule has 0 radical (unpaired) electrons. The van der Waals surface area contributed by atoms with Gasteiger partial charge in [-0.05, 0) is 56.6 Å². The van der Waals surface area contributed by atoms with Crippen LogP contribution in [0.25, 0.3) is 0 Å². The van der Waals surface area contributed by atoms with Gasteiger partial charge in [-0.1, -0.05) is 6.07 Å². The first kappa shape index (κ1) is 17.8. The highest BCUT2D eigenvalue weighted by Crippen LogP contribution is 2.22. The maximum atomic E-state index is 9.01. The summed E-state index contributed by atoms with van der Waals surface area (Å²) in [4.78, 5) is 2.49. The molecule has 0 aliphatic carbocycles. The quantitative estimate of drug-likeness (QED) is 0.907. The first-order chi connectivity index (χ1) is 9.76. The Labute approximate surface area is 133 Å². The minimum Gasteiger partial charge on any atom is -0.495 e. The Hall–Kier alpha value is -1.28. The number of rotatable bonds is 5. The zero-order valence-electron chi connectivity index (χ0n) is 12.8. The number of ether oxygens (including phenoxy) is 1. The van der Waals surface area contributed by atoms with Crippen molar-refractivity contribution in [2.75, 3.05) is 33.8 Å². The van der Waals surface area contributed by atoms with E-state index in [0.29, 0.717) is 11.3 Å². The van der Waals surface area contributed by atoms with Gasteiger partial charge in [0, 0.05) is 13.1 Å². The normalized spacial score (nSPS) is 18.6. The van der Waals surface area contributed by atoms with Crippen LogP contribution in [0.15, 0.2) is 18.2 Å². The van der Waals surface area contributed by atoms with Crippen molar-refractivity contribution >= 4 is 12.4 Å². The fourth-order valence-electron chi connectivity index (χ4n) is 2.93. The highest BCUT2D eigenvalue weighted by molar-refractivity contribution is 5.85. The second-order valence-electron chi connectivity index (χ2n) is 5.45. The van der Waals surface area contributed by atoms with Crippen molar-refractivity contribution in [3.63, 3.8) is 0 Å². The van der Waals surface area contributed by atoms with Crippen LogP contribution >= 0.6 is 12.4 Å². The third-order valence-corrected chi connectivity index (χ3v) is 3.89. The van der Waals surface area contributed by atoms with Crippen LogP contribution in [0.3, 0.4) is 0 Å². The maximum Gasteiger partial charge on any atom is 0.136 e. The second kappa shape index (κ2) is 8.89. The van der Waals surface area contributed by atoms with E-state index in [0.717, 1.165) is 32.1 Å². The molecule has 4 nitrogen and oxygen atoms in total. The van der Waals surface area contributed by atoms with Gasteiger partial charge < -0.3 is 10.1 Å². The fraction of sp³-hybridized carbons (Fsp3) is 0.562. The van der Waals surface area contributed by atoms with Crippen LogP contribution in [0.4, 0.5) is 0 Å². The maximum absolute atomic E-state index is 9.01. The van der Waals surface area contributed by atoms with Gasteiger partial charge in [0.05, 0.1) is 12.7 Å². The number of methoxy groups -OCH3 is 1. The average Bonchev–Trinajstić information content (AvgIpc) is 2.48. The van der Waals surface area contributed by atoms with Gasteiger partial charge in [0.1, 0.15) is 11.8 Å². The molecule has 1 atom stereocenters. The van der Waals surface area contributed by atoms with E-state index in [1.165, 1.54) is 18.4 Å². The molecule has 5 heteroatoms. The molecule has 0 spiro atoms. The molecule has 0 bridgehead atoms. The summed E-state index contributed by atoms with van der Waals surface area (Å²) in [6.07, 6.45) is 2.58. The number of nitriles is 1. The summed E-state index contributed by atoms with van der Waals surface area (Å²) in [5.74, 6) is 1.42. The van der Waals surface area contributed by atoms with Crippen molar-refractivity contribution in [2.45, 2.75) is 19.4 Å². The monoisotopic (exact) mass is 309 g/mol. The lowest BCUT2D eigenvalue weighted by molar-refractivity contribution is 0.166. The van der Waals surface area contributed by atoms with Gasteiger partial charge in [-0.2, -0.15) is 5.26 Å². The Bertz CT molecular complexity index is 485. The predicted molar refractivity (Wildman–Crippen MR) is 86.9 cm³/mol. The Morgan fingerprint density at radius 1 is 1.48 bits per heavy atom. The largest absolute Gasteiger partial charge is 0.495 e. The Morgan fingerprint density at radius 3 is 2.95 bits per heavy atom. The summed E-state index contributed by atoms with van der Waals surface area (Å²) in [5, 5.41) is 12.3. The number of piperidine rings is 1. The molecule has 1 aliphatic rings. The summed E-state index contributed by atoms with van der Waals surface area (Å²) in [5.41, 5.74) is 1.81. The molecule has 1 fully saturated rings. The van der Waals surface area contributed by atoms with Crippen LogP contribution in [0.1, 0.15) is 24.0 Å². The lowest BCUT2D eigenvalue weighted by Gasteiger charge is -2.32. The number of nitrogens with one attached hydrogen (secondary N) is 1. The van der Waals surface area contributed by atoms with Crippen LogP contribution in [0, 0.1) is 17.2 Å². The summed E-state index contributed by atoms with van der Waals surface area (Å²) in [6.45, 7) is 4.32. The van der Waals surface area contributed by atoms with E-state index in [1.54, 1.807) is 7.11 Å². The molecule has 0 amide bonds.